The van der Waals surface area contributed by atoms with Crippen LogP contribution in [0.1, 0.15) is 62.5 Å². The van der Waals surface area contributed by atoms with Crippen molar-refractivity contribution in [1.29, 1.82) is 0 Å². The molecule has 2 aromatic rings. The molecule has 4 nitrogen and oxygen atoms in total. The first-order chi connectivity index (χ1) is 15.8. The lowest BCUT2D eigenvalue weighted by molar-refractivity contribution is 0.0788. The quantitative estimate of drug-likeness (QED) is 0.548. The molecule has 4 rings (SSSR count). The minimum atomic E-state index is -1.11. The number of piperidine rings is 1. The van der Waals surface area contributed by atoms with Crippen molar-refractivity contribution < 1.29 is 9.18 Å². The summed E-state index contributed by atoms with van der Waals surface area (Å²) >= 11 is 0. The summed E-state index contributed by atoms with van der Waals surface area (Å²) in [4.78, 5) is 21.6. The van der Waals surface area contributed by atoms with Gasteiger partial charge in [-0.25, -0.2) is 4.39 Å². The predicted octanol–water partition coefficient (Wildman–Crippen LogP) is 5.62. The smallest absolute Gasteiger partial charge is 0.253 e. The standard InChI is InChI=1S/C28H38FN3O/c1-21-12-17-32(19-21)27(33)24-7-5-23(6-8-24)25-9-11-26(30-18-25)10-4-22-13-15-31(16-14-22)20-28(2,3)29/h5-9,11,18,21-22H,4,10,12-17,19-20H2,1-3H3. The molecule has 1 atom stereocenters. The number of hydrogen-bond acceptors (Lipinski definition) is 3. The van der Waals surface area contributed by atoms with E-state index in [0.717, 1.165) is 80.7 Å². The first-order valence-electron chi connectivity index (χ1n) is 12.5. The number of halogens is 1. The number of likely N-dealkylation sites (tertiary alicyclic amines) is 2. The van der Waals surface area contributed by atoms with Crippen molar-refractivity contribution in [2.75, 3.05) is 32.7 Å². The van der Waals surface area contributed by atoms with Crippen LogP contribution in [0.3, 0.4) is 0 Å². The topological polar surface area (TPSA) is 36.4 Å². The highest BCUT2D eigenvalue weighted by atomic mass is 19.1. The Labute approximate surface area is 198 Å². The Hall–Kier alpha value is -2.27. The van der Waals surface area contributed by atoms with Gasteiger partial charge in [-0.05, 0) is 94.6 Å². The zero-order valence-corrected chi connectivity index (χ0v) is 20.4. The molecule has 1 aromatic heterocycles. The minimum Gasteiger partial charge on any atom is -0.338 e. The van der Waals surface area contributed by atoms with E-state index in [1.54, 1.807) is 13.8 Å². The molecule has 0 aliphatic carbocycles. The van der Waals surface area contributed by atoms with Gasteiger partial charge in [0, 0.05) is 42.7 Å². The highest BCUT2D eigenvalue weighted by molar-refractivity contribution is 5.94. The molecule has 0 N–H and O–H groups in total. The number of benzene rings is 1. The van der Waals surface area contributed by atoms with Crippen molar-refractivity contribution in [3.05, 3.63) is 53.9 Å². The number of amides is 1. The zero-order valence-electron chi connectivity index (χ0n) is 20.4. The van der Waals surface area contributed by atoms with Gasteiger partial charge >= 0.3 is 0 Å². The van der Waals surface area contributed by atoms with Crippen molar-refractivity contribution in [3.63, 3.8) is 0 Å². The molecular weight excluding hydrogens is 413 g/mol. The SMILES string of the molecule is CC1CCN(C(=O)c2ccc(-c3ccc(CCC4CCN(CC(C)(C)F)CC4)nc3)cc2)C1. The first kappa shape index (κ1) is 23.9. The maximum atomic E-state index is 13.9. The highest BCUT2D eigenvalue weighted by Gasteiger charge is 2.25. The van der Waals surface area contributed by atoms with Gasteiger partial charge in [-0.15, -0.1) is 0 Å². The highest BCUT2D eigenvalue weighted by Crippen LogP contribution is 2.25. The Balaban J connectivity index is 1.26. The maximum Gasteiger partial charge on any atom is 0.253 e. The van der Waals surface area contributed by atoms with Crippen LogP contribution >= 0.6 is 0 Å². The van der Waals surface area contributed by atoms with Gasteiger partial charge in [0.25, 0.3) is 5.91 Å². The van der Waals surface area contributed by atoms with Crippen molar-refractivity contribution in [3.8, 4) is 11.1 Å². The van der Waals surface area contributed by atoms with E-state index in [9.17, 15) is 9.18 Å². The summed E-state index contributed by atoms with van der Waals surface area (Å²) in [5.41, 5.74) is 2.94. The Morgan fingerprint density at radius 1 is 1.03 bits per heavy atom. The minimum absolute atomic E-state index is 0.138. The molecule has 0 bridgehead atoms. The summed E-state index contributed by atoms with van der Waals surface area (Å²) < 4.78 is 13.9. The van der Waals surface area contributed by atoms with Crippen LogP contribution in [0.2, 0.25) is 0 Å². The van der Waals surface area contributed by atoms with E-state index < -0.39 is 5.67 Å². The van der Waals surface area contributed by atoms with E-state index in [1.165, 1.54) is 0 Å². The van der Waals surface area contributed by atoms with Crippen LogP contribution in [0.25, 0.3) is 11.1 Å². The summed E-state index contributed by atoms with van der Waals surface area (Å²) in [7, 11) is 0. The normalized spacial score (nSPS) is 20.4. The summed E-state index contributed by atoms with van der Waals surface area (Å²) in [5, 5.41) is 0. The van der Waals surface area contributed by atoms with Crippen LogP contribution in [-0.2, 0) is 6.42 Å². The molecule has 1 unspecified atom stereocenters. The molecule has 2 aliphatic heterocycles. The zero-order chi connectivity index (χ0) is 23.4. The molecule has 0 saturated carbocycles. The van der Waals surface area contributed by atoms with Gasteiger partial charge < -0.3 is 9.80 Å². The largest absolute Gasteiger partial charge is 0.338 e. The molecule has 33 heavy (non-hydrogen) atoms. The number of alkyl halides is 1. The lowest BCUT2D eigenvalue weighted by Crippen LogP contribution is -2.41. The Morgan fingerprint density at radius 2 is 1.73 bits per heavy atom. The lowest BCUT2D eigenvalue weighted by Gasteiger charge is -2.34. The second-order valence-corrected chi connectivity index (χ2v) is 10.7. The van der Waals surface area contributed by atoms with Crippen molar-refractivity contribution >= 4 is 5.91 Å². The molecule has 3 heterocycles. The van der Waals surface area contributed by atoms with Gasteiger partial charge in [0.05, 0.1) is 0 Å². The van der Waals surface area contributed by atoms with E-state index in [-0.39, 0.29) is 5.91 Å². The number of nitrogens with zero attached hydrogens (tertiary/aromatic N) is 3. The second kappa shape index (κ2) is 10.3. The molecule has 2 aliphatic rings. The average Bonchev–Trinajstić information content (AvgIpc) is 3.24. The molecule has 1 aromatic carbocycles. The molecule has 2 saturated heterocycles. The average molecular weight is 452 g/mol. The third kappa shape index (κ3) is 6.63. The third-order valence-corrected chi connectivity index (χ3v) is 7.12. The van der Waals surface area contributed by atoms with Gasteiger partial charge in [-0.1, -0.05) is 25.1 Å². The van der Waals surface area contributed by atoms with Crippen LogP contribution < -0.4 is 0 Å². The Morgan fingerprint density at radius 3 is 2.30 bits per heavy atom. The number of carbonyl (C=O) groups is 1. The van der Waals surface area contributed by atoms with Gasteiger partial charge in [0.15, 0.2) is 0 Å². The number of carbonyl (C=O) groups excluding carboxylic acids is 1. The van der Waals surface area contributed by atoms with Gasteiger partial charge in [-0.3, -0.25) is 9.78 Å². The molecular formula is C28H38FN3O. The summed E-state index contributed by atoms with van der Waals surface area (Å²) in [6.07, 6.45) is 7.47. The molecule has 5 heteroatoms. The fraction of sp³-hybridized carbons (Fsp3) is 0.571. The van der Waals surface area contributed by atoms with E-state index in [1.807, 2.05) is 35.4 Å². The first-order valence-corrected chi connectivity index (χ1v) is 12.5. The van der Waals surface area contributed by atoms with E-state index in [2.05, 4.69) is 24.0 Å². The lowest BCUT2D eigenvalue weighted by atomic mass is 9.91. The summed E-state index contributed by atoms with van der Waals surface area (Å²) in [6, 6.07) is 12.2. The van der Waals surface area contributed by atoms with Gasteiger partial charge in [0.2, 0.25) is 0 Å². The molecule has 0 radical (unpaired) electrons. The van der Waals surface area contributed by atoms with Gasteiger partial charge in [-0.2, -0.15) is 0 Å². The van der Waals surface area contributed by atoms with Crippen LogP contribution in [0.15, 0.2) is 42.6 Å². The Bertz CT molecular complexity index is 912. The van der Waals surface area contributed by atoms with Crippen LogP contribution in [0.5, 0.6) is 0 Å². The van der Waals surface area contributed by atoms with Crippen molar-refractivity contribution in [1.82, 2.24) is 14.8 Å². The molecule has 0 spiro atoms. The van der Waals surface area contributed by atoms with E-state index >= 15 is 0 Å². The van der Waals surface area contributed by atoms with E-state index in [0.29, 0.717) is 18.4 Å². The number of pyridine rings is 1. The monoisotopic (exact) mass is 451 g/mol. The number of aryl methyl sites for hydroxylation is 1. The van der Waals surface area contributed by atoms with Crippen LogP contribution in [0, 0.1) is 11.8 Å². The van der Waals surface area contributed by atoms with Crippen LogP contribution in [0.4, 0.5) is 4.39 Å². The third-order valence-electron chi connectivity index (χ3n) is 7.12. The maximum absolute atomic E-state index is 13.9. The summed E-state index contributed by atoms with van der Waals surface area (Å²) in [6.45, 7) is 9.79. The molecule has 1 amide bonds. The van der Waals surface area contributed by atoms with Crippen molar-refractivity contribution in [2.24, 2.45) is 11.8 Å². The van der Waals surface area contributed by atoms with Gasteiger partial charge in [0.1, 0.15) is 5.67 Å². The second-order valence-electron chi connectivity index (χ2n) is 10.7. The predicted molar refractivity (Wildman–Crippen MR) is 132 cm³/mol. The fourth-order valence-electron chi connectivity index (χ4n) is 5.17. The Kier molecular flexibility index (Phi) is 7.48. The number of rotatable bonds is 7. The molecule has 178 valence electrons. The fourth-order valence-corrected chi connectivity index (χ4v) is 5.17. The number of hydrogen-bond donors (Lipinski definition) is 0. The summed E-state index contributed by atoms with van der Waals surface area (Å²) in [5.74, 6) is 1.44. The molecule has 2 fully saturated rings. The van der Waals surface area contributed by atoms with Crippen LogP contribution in [-0.4, -0.2) is 59.1 Å². The van der Waals surface area contributed by atoms with Crippen molar-refractivity contribution in [2.45, 2.75) is 58.5 Å². The number of aromatic nitrogens is 1. The van der Waals surface area contributed by atoms with E-state index in [4.69, 9.17) is 4.98 Å².